The molecule has 0 saturated heterocycles. The van der Waals surface area contributed by atoms with Crippen LogP contribution in [0.5, 0.6) is 0 Å². The fraction of sp³-hybridized carbons (Fsp3) is 0.360. The molecule has 1 amide bonds. The van der Waals surface area contributed by atoms with E-state index >= 15 is 4.39 Å². The maximum atomic E-state index is 15.5. The van der Waals surface area contributed by atoms with Crippen LogP contribution in [-0.4, -0.2) is 26.9 Å². The van der Waals surface area contributed by atoms with Crippen molar-refractivity contribution in [1.29, 1.82) is 0 Å². The van der Waals surface area contributed by atoms with Crippen molar-refractivity contribution < 1.29 is 18.0 Å². The summed E-state index contributed by atoms with van der Waals surface area (Å²) in [4.78, 5) is 25.1. The first-order chi connectivity index (χ1) is 16.6. The van der Waals surface area contributed by atoms with Crippen molar-refractivity contribution in [2.75, 3.05) is 10.2 Å². The molecule has 1 fully saturated rings. The Hall–Kier alpha value is -3.69. The van der Waals surface area contributed by atoms with E-state index in [0.29, 0.717) is 12.1 Å². The van der Waals surface area contributed by atoms with Gasteiger partial charge in [-0.05, 0) is 42.5 Å². The van der Waals surface area contributed by atoms with Crippen molar-refractivity contribution in [3.05, 3.63) is 77.1 Å². The quantitative estimate of drug-likeness (QED) is 0.440. The Bertz CT molecular complexity index is 1180. The van der Waals surface area contributed by atoms with E-state index in [0.717, 1.165) is 30.9 Å². The highest BCUT2D eigenvalue weighted by molar-refractivity contribution is 5.76. The van der Waals surface area contributed by atoms with Crippen LogP contribution in [0.1, 0.15) is 55.1 Å². The fourth-order valence-corrected chi connectivity index (χ4v) is 3.92. The minimum Gasteiger partial charge on any atom is -0.369 e. The number of aromatic nitrogens is 3. The lowest BCUT2D eigenvalue weighted by Gasteiger charge is -2.31. The summed E-state index contributed by atoms with van der Waals surface area (Å²) in [6, 6.07) is 9.92. The molecule has 2 aromatic heterocycles. The van der Waals surface area contributed by atoms with Gasteiger partial charge in [-0.3, -0.25) is 9.78 Å². The summed E-state index contributed by atoms with van der Waals surface area (Å²) in [5.41, 5.74) is 7.27. The Labute approximate surface area is 201 Å². The number of carbonyl (C=O) groups excluding carboxylic acids is 1. The van der Waals surface area contributed by atoms with Gasteiger partial charge in [-0.1, -0.05) is 30.3 Å². The number of hydrogen-bond donors (Lipinski definition) is 2. The number of alkyl halides is 2. The predicted molar refractivity (Wildman–Crippen MR) is 126 cm³/mol. The fourth-order valence-electron chi connectivity index (χ4n) is 3.92. The molecular formula is C25H27F3N6O. The molecule has 10 heteroatoms. The largest absolute Gasteiger partial charge is 0.369 e. The van der Waals surface area contributed by atoms with Gasteiger partial charge in [-0.25, -0.2) is 9.97 Å². The summed E-state index contributed by atoms with van der Waals surface area (Å²) >= 11 is 0. The predicted octanol–water partition coefficient (Wildman–Crippen LogP) is 4.49. The van der Waals surface area contributed by atoms with E-state index in [1.54, 1.807) is 18.2 Å². The van der Waals surface area contributed by atoms with E-state index in [1.807, 2.05) is 24.0 Å². The van der Waals surface area contributed by atoms with Gasteiger partial charge in [0.1, 0.15) is 12.0 Å². The maximum Gasteiger partial charge on any atom is 0.286 e. The molecule has 0 aliphatic heterocycles. The van der Waals surface area contributed by atoms with Gasteiger partial charge in [0.2, 0.25) is 11.7 Å². The second-order valence-corrected chi connectivity index (χ2v) is 8.85. The zero-order valence-electron chi connectivity index (χ0n) is 19.5. The molecule has 184 valence electrons. The minimum atomic E-state index is -3.03. The first-order valence-corrected chi connectivity index (χ1v) is 11.4. The van der Waals surface area contributed by atoms with Gasteiger partial charge in [0.15, 0.2) is 11.6 Å². The molecule has 4 rings (SSSR count). The molecule has 7 nitrogen and oxygen atoms in total. The van der Waals surface area contributed by atoms with Crippen LogP contribution in [0.4, 0.5) is 24.8 Å². The normalized spacial score (nSPS) is 14.4. The number of benzene rings is 1. The SMILES string of the molecule is CC(c1ccc(C(C)(F)F)nc1)N(c1ncnc(NCc2ccc(CC(N)=O)cc2)c1F)C1CC1. The van der Waals surface area contributed by atoms with E-state index < -0.39 is 17.6 Å². The lowest BCUT2D eigenvalue weighted by Crippen LogP contribution is -2.31. The third kappa shape index (κ3) is 5.87. The summed E-state index contributed by atoms with van der Waals surface area (Å²) in [5, 5.41) is 3.01. The molecule has 0 spiro atoms. The third-order valence-electron chi connectivity index (χ3n) is 5.95. The van der Waals surface area contributed by atoms with Crippen LogP contribution in [0.2, 0.25) is 0 Å². The molecule has 1 aromatic carbocycles. The summed E-state index contributed by atoms with van der Waals surface area (Å²) in [5.74, 6) is -3.80. The molecule has 1 unspecified atom stereocenters. The standard InChI is InChI=1S/C25H27F3N6O/c1-15(18-7-10-20(30-13-18)25(2,27)28)34(19-8-9-19)24-22(26)23(32-14-33-24)31-12-17-5-3-16(4-6-17)11-21(29)35/h3-7,10,13-15,19H,8-9,11-12H2,1-2H3,(H2,29,35)(H,31,32,33). The number of primary amides is 1. The van der Waals surface area contributed by atoms with E-state index in [-0.39, 0.29) is 35.8 Å². The molecule has 35 heavy (non-hydrogen) atoms. The highest BCUT2D eigenvalue weighted by atomic mass is 19.3. The van der Waals surface area contributed by atoms with Gasteiger partial charge >= 0.3 is 0 Å². The molecule has 1 aliphatic carbocycles. The van der Waals surface area contributed by atoms with Gasteiger partial charge in [0.25, 0.3) is 5.92 Å². The zero-order chi connectivity index (χ0) is 25.2. The molecule has 0 bridgehead atoms. The van der Waals surface area contributed by atoms with Crippen LogP contribution in [0.3, 0.4) is 0 Å². The average Bonchev–Trinajstić information content (AvgIpc) is 3.65. The lowest BCUT2D eigenvalue weighted by molar-refractivity contribution is -0.117. The van der Waals surface area contributed by atoms with Gasteiger partial charge in [-0.15, -0.1) is 0 Å². The highest BCUT2D eigenvalue weighted by Gasteiger charge is 2.36. The van der Waals surface area contributed by atoms with E-state index in [2.05, 4.69) is 20.3 Å². The van der Waals surface area contributed by atoms with Crippen LogP contribution in [-0.2, 0) is 23.7 Å². The third-order valence-corrected chi connectivity index (χ3v) is 5.95. The van der Waals surface area contributed by atoms with Crippen molar-refractivity contribution in [3.8, 4) is 0 Å². The molecule has 3 N–H and O–H groups in total. The minimum absolute atomic E-state index is 0.0631. The monoisotopic (exact) mass is 484 g/mol. The molecule has 3 aromatic rings. The number of amides is 1. The molecular weight excluding hydrogens is 457 g/mol. The van der Waals surface area contributed by atoms with E-state index in [1.165, 1.54) is 18.6 Å². The second kappa shape index (κ2) is 9.89. The number of hydrogen-bond acceptors (Lipinski definition) is 6. The Morgan fingerprint density at radius 3 is 2.40 bits per heavy atom. The molecule has 1 atom stereocenters. The van der Waals surface area contributed by atoms with Crippen LogP contribution in [0.25, 0.3) is 0 Å². The van der Waals surface area contributed by atoms with E-state index in [9.17, 15) is 13.6 Å². The second-order valence-electron chi connectivity index (χ2n) is 8.85. The number of pyridine rings is 1. The smallest absolute Gasteiger partial charge is 0.286 e. The lowest BCUT2D eigenvalue weighted by atomic mass is 10.1. The molecule has 1 aliphatic rings. The van der Waals surface area contributed by atoms with Crippen LogP contribution in [0.15, 0.2) is 48.9 Å². The van der Waals surface area contributed by atoms with Crippen molar-refractivity contribution in [2.24, 2.45) is 5.73 Å². The summed E-state index contributed by atoms with van der Waals surface area (Å²) in [7, 11) is 0. The Morgan fingerprint density at radius 1 is 1.14 bits per heavy atom. The zero-order valence-corrected chi connectivity index (χ0v) is 19.5. The number of nitrogens with one attached hydrogen (secondary N) is 1. The van der Waals surface area contributed by atoms with Crippen molar-refractivity contribution in [1.82, 2.24) is 15.0 Å². The van der Waals surface area contributed by atoms with Crippen LogP contribution in [0, 0.1) is 5.82 Å². The van der Waals surface area contributed by atoms with Crippen molar-refractivity contribution >= 4 is 17.5 Å². The number of rotatable bonds is 10. The first-order valence-electron chi connectivity index (χ1n) is 11.4. The van der Waals surface area contributed by atoms with Gasteiger partial charge < -0.3 is 16.0 Å². The van der Waals surface area contributed by atoms with E-state index in [4.69, 9.17) is 5.73 Å². The number of anilines is 2. The maximum absolute atomic E-state index is 15.5. The summed E-state index contributed by atoms with van der Waals surface area (Å²) in [6.07, 6.45) is 4.64. The number of nitrogens with two attached hydrogens (primary N) is 1. The molecule has 2 heterocycles. The highest BCUT2D eigenvalue weighted by Crippen LogP contribution is 2.39. The first kappa shape index (κ1) is 24.4. The Kier molecular flexibility index (Phi) is 6.90. The Balaban J connectivity index is 1.52. The summed E-state index contributed by atoms with van der Waals surface area (Å²) in [6.45, 7) is 3.00. The molecule has 0 radical (unpaired) electrons. The average molecular weight is 485 g/mol. The van der Waals surface area contributed by atoms with Gasteiger partial charge in [0, 0.05) is 25.7 Å². The topological polar surface area (TPSA) is 97.0 Å². The summed E-state index contributed by atoms with van der Waals surface area (Å²) < 4.78 is 42.6. The van der Waals surface area contributed by atoms with Gasteiger partial charge in [0.05, 0.1) is 12.5 Å². The Morgan fingerprint density at radius 2 is 1.83 bits per heavy atom. The number of nitrogens with zero attached hydrogens (tertiary/aromatic N) is 4. The van der Waals surface area contributed by atoms with Crippen molar-refractivity contribution in [3.63, 3.8) is 0 Å². The molecule has 1 saturated carbocycles. The number of halogens is 3. The van der Waals surface area contributed by atoms with Gasteiger partial charge in [-0.2, -0.15) is 13.2 Å². The number of carbonyl (C=O) groups is 1. The van der Waals surface area contributed by atoms with Crippen LogP contribution >= 0.6 is 0 Å². The van der Waals surface area contributed by atoms with Crippen LogP contribution < -0.4 is 16.0 Å². The van der Waals surface area contributed by atoms with Crippen molar-refractivity contribution in [2.45, 2.75) is 57.7 Å².